The number of halogens is 1. The number of imidazole rings is 1. The second kappa shape index (κ2) is 16.7. The first kappa shape index (κ1) is 41.0. The molecule has 2 bridgehead atoms. The van der Waals surface area contributed by atoms with Gasteiger partial charge in [0.1, 0.15) is 54.0 Å². The summed E-state index contributed by atoms with van der Waals surface area (Å²) in [5.74, 6) is 0.211. The Kier molecular flexibility index (Phi) is 11.6. The summed E-state index contributed by atoms with van der Waals surface area (Å²) in [5.41, 5.74) is 5.60. The van der Waals surface area contributed by atoms with E-state index in [0.717, 1.165) is 16.8 Å². The Morgan fingerprint density at radius 1 is 0.966 bits per heavy atom. The summed E-state index contributed by atoms with van der Waals surface area (Å²) in [6, 6.07) is 13.6. The van der Waals surface area contributed by atoms with Gasteiger partial charge in [-0.05, 0) is 53.3 Å². The van der Waals surface area contributed by atoms with Gasteiger partial charge in [-0.3, -0.25) is 37.0 Å². The molecule has 2 aromatic carbocycles. The highest BCUT2D eigenvalue weighted by molar-refractivity contribution is 8.54. The summed E-state index contributed by atoms with van der Waals surface area (Å²) >= 11 is 0.655. The van der Waals surface area contributed by atoms with Crippen molar-refractivity contribution >= 4 is 49.0 Å². The van der Waals surface area contributed by atoms with Crippen LogP contribution in [0, 0.1) is 0 Å². The SMILES string of the molecule is COc1ccc(C(=O)Oc2ccc(CSP3(=O)OC[C@H]4O[C@@H](n5cnc6c(N)ncnc65)C[C@@H]4OP(=O)(O)OC[C@H]4O[C@@H](n5ccc(=O)[nH]c5=O)[C@H](O3)[C@@H]4F)cc2)cc1. The third-order valence-corrected chi connectivity index (χ3v) is 14.1. The molecule has 3 saturated heterocycles. The molecule has 0 saturated carbocycles. The fourth-order valence-corrected chi connectivity index (χ4v) is 10.8. The highest BCUT2D eigenvalue weighted by Gasteiger charge is 2.53. The van der Waals surface area contributed by atoms with Crippen molar-refractivity contribution in [3.05, 3.63) is 105 Å². The van der Waals surface area contributed by atoms with Crippen LogP contribution >= 0.6 is 26.0 Å². The van der Waals surface area contributed by atoms with Gasteiger partial charge in [0, 0.05) is 24.4 Å². The van der Waals surface area contributed by atoms with Gasteiger partial charge in [0.15, 0.2) is 23.9 Å². The molecule has 9 atom stereocenters. The third-order valence-electron chi connectivity index (χ3n) is 9.43. The summed E-state index contributed by atoms with van der Waals surface area (Å²) in [6.07, 6.45) is -7.19. The number of ether oxygens (including phenoxy) is 4. The van der Waals surface area contributed by atoms with E-state index in [9.17, 15) is 28.4 Å². The fraction of sp³-hybridized carbons (Fsp3) is 0.353. The molecule has 59 heavy (non-hydrogen) atoms. The van der Waals surface area contributed by atoms with Crippen LogP contribution in [0.1, 0.15) is 34.8 Å². The number of hydrogen-bond acceptors (Lipinski definition) is 18. The van der Waals surface area contributed by atoms with Gasteiger partial charge in [-0.2, -0.15) is 0 Å². The van der Waals surface area contributed by atoms with E-state index in [0.29, 0.717) is 28.3 Å². The zero-order chi connectivity index (χ0) is 41.5. The minimum absolute atomic E-state index is 0.0631. The molecule has 5 aromatic rings. The van der Waals surface area contributed by atoms with Crippen LogP contribution in [-0.4, -0.2) is 90.8 Å². The van der Waals surface area contributed by atoms with Crippen LogP contribution in [-0.2, 0) is 42.5 Å². The van der Waals surface area contributed by atoms with E-state index in [2.05, 4.69) is 15.0 Å². The Morgan fingerprint density at radius 3 is 2.46 bits per heavy atom. The quantitative estimate of drug-likeness (QED) is 0.114. The molecule has 0 aliphatic carbocycles. The standard InChI is InChI=1S/C34H34FN7O14P2S/c1-49-20-8-4-19(5-9-20)33(44)52-21-6-2-18(3-7-21)15-59-58(48)51-13-23-22(12-26(53-23)42-17-39-28-30(36)37-16-38-31(28)42)55-57(46,47)50-14-24-27(35)29(56-58)32(54-24)41-11-10-25(43)40-34(41)45/h2-11,16-17,22-24,26-27,29,32H,12-15H2,1H3,(H,46,47)(H2,36,37,38)(H,40,43,45)/t22-,23+,24+,26+,27+,29+,32+,58?/m0/s1. The maximum Gasteiger partial charge on any atom is 0.472 e. The molecule has 3 aliphatic rings. The number of rotatable bonds is 8. The smallest absolute Gasteiger partial charge is 0.472 e. The minimum atomic E-state index is -4.99. The van der Waals surface area contributed by atoms with E-state index in [1.807, 2.05) is 4.98 Å². The van der Waals surface area contributed by atoms with Crippen LogP contribution in [0.25, 0.3) is 11.2 Å². The van der Waals surface area contributed by atoms with Crippen molar-refractivity contribution in [1.82, 2.24) is 29.1 Å². The van der Waals surface area contributed by atoms with Crippen molar-refractivity contribution in [2.24, 2.45) is 0 Å². The van der Waals surface area contributed by atoms with Crippen LogP contribution in [0.4, 0.5) is 10.2 Å². The monoisotopic (exact) mass is 877 g/mol. The highest BCUT2D eigenvalue weighted by atomic mass is 32.7. The molecular formula is C34H34FN7O14P2S. The predicted octanol–water partition coefficient (Wildman–Crippen LogP) is 3.67. The maximum absolute atomic E-state index is 16.3. The number of esters is 1. The van der Waals surface area contributed by atoms with Crippen molar-refractivity contribution in [2.75, 3.05) is 26.1 Å². The number of phosphoric ester groups is 1. The van der Waals surface area contributed by atoms with Gasteiger partial charge in [-0.25, -0.2) is 38.1 Å². The number of carbonyl (C=O) groups is 1. The van der Waals surface area contributed by atoms with Gasteiger partial charge in [0.05, 0.1) is 32.2 Å². The van der Waals surface area contributed by atoms with Crippen LogP contribution in [0.3, 0.4) is 0 Å². The molecule has 3 aliphatic heterocycles. The molecule has 8 rings (SSSR count). The van der Waals surface area contributed by atoms with Gasteiger partial charge in [0.25, 0.3) is 5.56 Å². The minimum Gasteiger partial charge on any atom is -0.497 e. The molecule has 2 unspecified atom stereocenters. The number of hydrogen-bond donors (Lipinski definition) is 3. The number of carbonyl (C=O) groups excluding carboxylic acids is 1. The molecule has 0 spiro atoms. The number of alkyl halides is 1. The molecule has 6 heterocycles. The van der Waals surface area contributed by atoms with Crippen LogP contribution in [0.2, 0.25) is 0 Å². The number of anilines is 1. The van der Waals surface area contributed by atoms with E-state index in [-0.39, 0.29) is 34.9 Å². The first-order chi connectivity index (χ1) is 28.3. The van der Waals surface area contributed by atoms with Crippen LogP contribution in [0.5, 0.6) is 11.5 Å². The molecular weight excluding hydrogens is 843 g/mol. The Hall–Kier alpha value is -4.80. The lowest BCUT2D eigenvalue weighted by atomic mass is 10.1. The van der Waals surface area contributed by atoms with Gasteiger partial charge < -0.3 is 29.6 Å². The van der Waals surface area contributed by atoms with Crippen molar-refractivity contribution in [2.45, 2.75) is 55.2 Å². The first-order valence-electron chi connectivity index (χ1n) is 17.7. The van der Waals surface area contributed by atoms with E-state index < -0.39 is 88.1 Å². The Bertz CT molecular complexity index is 2560. The Labute approximate surface area is 335 Å². The Balaban J connectivity index is 1.06. The van der Waals surface area contributed by atoms with Crippen molar-refractivity contribution in [3.8, 4) is 11.5 Å². The van der Waals surface area contributed by atoms with Crippen molar-refractivity contribution in [3.63, 3.8) is 0 Å². The summed E-state index contributed by atoms with van der Waals surface area (Å²) in [6.45, 7) is -6.01. The molecule has 0 radical (unpaired) electrons. The number of nitrogens with two attached hydrogens (primary N) is 1. The first-order valence-corrected chi connectivity index (χ1v) is 22.3. The van der Waals surface area contributed by atoms with Crippen LogP contribution in [0.15, 0.2) is 83.0 Å². The largest absolute Gasteiger partial charge is 0.497 e. The molecule has 4 N–H and O–H groups in total. The van der Waals surface area contributed by atoms with Crippen molar-refractivity contribution in [1.29, 1.82) is 0 Å². The average molecular weight is 878 g/mol. The normalized spacial score (nSPS) is 29.8. The number of nitrogens with zero attached hydrogens (tertiary/aromatic N) is 5. The second-order valence-corrected chi connectivity index (χ2v) is 18.7. The molecule has 312 valence electrons. The second-order valence-electron chi connectivity index (χ2n) is 13.2. The number of nitrogen functional groups attached to an aromatic ring is 1. The number of aromatic amines is 1. The predicted molar refractivity (Wildman–Crippen MR) is 203 cm³/mol. The lowest BCUT2D eigenvalue weighted by Crippen LogP contribution is -2.37. The number of nitrogens with one attached hydrogen (secondary N) is 1. The molecule has 21 nitrogen and oxygen atoms in total. The number of benzene rings is 2. The molecule has 3 fully saturated rings. The van der Waals surface area contributed by atoms with Gasteiger partial charge in [0.2, 0.25) is 0 Å². The summed E-state index contributed by atoms with van der Waals surface area (Å²) in [7, 11) is -3.48. The van der Waals surface area contributed by atoms with Gasteiger partial charge >= 0.3 is 26.3 Å². The number of phosphoric acid groups is 1. The van der Waals surface area contributed by atoms with E-state index in [1.54, 1.807) is 36.4 Å². The number of H-pyrrole nitrogens is 1. The van der Waals surface area contributed by atoms with E-state index >= 15 is 4.39 Å². The summed E-state index contributed by atoms with van der Waals surface area (Å²) < 4.78 is 92.0. The zero-order valence-corrected chi connectivity index (χ0v) is 33.2. The van der Waals surface area contributed by atoms with Gasteiger partial charge in [-0.1, -0.05) is 12.1 Å². The van der Waals surface area contributed by atoms with Crippen molar-refractivity contribution < 1.29 is 60.3 Å². The lowest BCUT2D eigenvalue weighted by molar-refractivity contribution is -0.0635. The summed E-state index contributed by atoms with van der Waals surface area (Å²) in [4.78, 5) is 62.6. The van der Waals surface area contributed by atoms with E-state index in [1.165, 1.54) is 36.5 Å². The molecule has 3 aromatic heterocycles. The average Bonchev–Trinajstić information content (AvgIpc) is 3.91. The third kappa shape index (κ3) is 8.90. The number of fused-ring (bicyclic) bond motifs is 4. The highest BCUT2D eigenvalue weighted by Crippen LogP contribution is 2.65. The van der Waals surface area contributed by atoms with Crippen LogP contribution < -0.4 is 26.5 Å². The summed E-state index contributed by atoms with van der Waals surface area (Å²) in [5, 5.41) is 0. The van der Waals surface area contributed by atoms with Gasteiger partial charge in [-0.15, -0.1) is 0 Å². The Morgan fingerprint density at radius 2 is 1.71 bits per heavy atom. The topological polar surface area (TPSA) is 270 Å². The number of aromatic nitrogens is 6. The number of methoxy groups -OCH3 is 1. The molecule has 25 heteroatoms. The molecule has 0 amide bonds. The fourth-order valence-electron chi connectivity index (χ4n) is 6.49. The van der Waals surface area contributed by atoms with E-state index in [4.69, 9.17) is 42.8 Å². The zero-order valence-electron chi connectivity index (χ0n) is 30.5. The lowest BCUT2D eigenvalue weighted by Gasteiger charge is -2.27. The maximum atomic E-state index is 16.3.